The van der Waals surface area contributed by atoms with E-state index < -0.39 is 0 Å². The summed E-state index contributed by atoms with van der Waals surface area (Å²) < 4.78 is 0. The van der Waals surface area contributed by atoms with Gasteiger partial charge in [-0.2, -0.15) is 0 Å². The Morgan fingerprint density at radius 3 is 1.93 bits per heavy atom. The van der Waals surface area contributed by atoms with Gasteiger partial charge in [0.05, 0.1) is 0 Å². The van der Waals surface area contributed by atoms with Crippen LogP contribution in [0.15, 0.2) is 24.3 Å². The van der Waals surface area contributed by atoms with Crippen molar-refractivity contribution in [2.75, 3.05) is 0 Å². The lowest BCUT2D eigenvalue weighted by Crippen LogP contribution is -2.22. The second-order valence-electron chi connectivity index (χ2n) is 11.3. The maximum Gasteiger partial charge on any atom is -0.0162 e. The first kappa shape index (κ1) is 23.9. The van der Waals surface area contributed by atoms with Crippen LogP contribution in [0.3, 0.4) is 0 Å². The average Bonchev–Trinajstić information content (AvgIpc) is 2.79. The van der Waals surface area contributed by atoms with E-state index in [2.05, 4.69) is 45.0 Å². The third kappa shape index (κ3) is 7.42. The van der Waals surface area contributed by atoms with Crippen LogP contribution in [0, 0.1) is 17.3 Å². The van der Waals surface area contributed by atoms with E-state index in [0.717, 1.165) is 17.8 Å². The lowest BCUT2D eigenvalue weighted by molar-refractivity contribution is 0.191. The summed E-state index contributed by atoms with van der Waals surface area (Å²) in [5.74, 6) is 2.86. The molecular formula is C30H50. The summed E-state index contributed by atoms with van der Waals surface area (Å²) in [6, 6.07) is 9.82. The zero-order valence-electron chi connectivity index (χ0n) is 20.6. The molecule has 0 aliphatic heterocycles. The quantitative estimate of drug-likeness (QED) is 0.318. The number of hydrogen-bond donors (Lipinski definition) is 0. The van der Waals surface area contributed by atoms with E-state index in [1.807, 2.05) is 0 Å². The van der Waals surface area contributed by atoms with Gasteiger partial charge < -0.3 is 0 Å². The molecule has 2 aliphatic carbocycles. The fourth-order valence-electron chi connectivity index (χ4n) is 6.17. The molecule has 0 spiro atoms. The molecule has 1 aromatic rings. The minimum atomic E-state index is 0.616. The van der Waals surface area contributed by atoms with Gasteiger partial charge in [0.1, 0.15) is 0 Å². The Labute approximate surface area is 188 Å². The smallest absolute Gasteiger partial charge is 0.0162 e. The molecular weight excluding hydrogens is 360 g/mol. The van der Waals surface area contributed by atoms with Crippen LogP contribution in [-0.2, 0) is 6.42 Å². The van der Waals surface area contributed by atoms with Crippen molar-refractivity contribution in [3.8, 4) is 0 Å². The third-order valence-corrected chi connectivity index (χ3v) is 9.02. The summed E-state index contributed by atoms with van der Waals surface area (Å²) in [5, 5.41) is 0. The molecule has 30 heavy (non-hydrogen) atoms. The number of unbranched alkanes of at least 4 members (excludes halogenated alkanes) is 4. The SMILES string of the molecule is CCCCCCC[C@H]1CC[C@H](CCc2ccc(C3CCC(C)(CC)CC3)cc2)CC1. The summed E-state index contributed by atoms with van der Waals surface area (Å²) in [5.41, 5.74) is 3.80. The first-order valence-corrected chi connectivity index (χ1v) is 13.7. The highest BCUT2D eigenvalue weighted by Crippen LogP contribution is 2.44. The fraction of sp³-hybridized carbons (Fsp3) is 0.800. The lowest BCUT2D eigenvalue weighted by atomic mass is 9.69. The van der Waals surface area contributed by atoms with E-state index in [1.54, 1.807) is 11.1 Å². The topological polar surface area (TPSA) is 0 Å². The number of aryl methyl sites for hydroxylation is 1. The molecule has 2 aliphatic rings. The molecule has 0 aromatic heterocycles. The molecule has 2 saturated carbocycles. The molecule has 0 unspecified atom stereocenters. The molecule has 3 rings (SSSR count). The van der Waals surface area contributed by atoms with E-state index >= 15 is 0 Å². The van der Waals surface area contributed by atoms with Crippen molar-refractivity contribution >= 4 is 0 Å². The van der Waals surface area contributed by atoms with Crippen molar-refractivity contribution in [1.29, 1.82) is 0 Å². The first-order valence-electron chi connectivity index (χ1n) is 13.7. The lowest BCUT2D eigenvalue weighted by Gasteiger charge is -2.37. The number of rotatable bonds is 11. The van der Waals surface area contributed by atoms with Gasteiger partial charge in [-0.15, -0.1) is 0 Å². The normalized spacial score (nSPS) is 29.8. The van der Waals surface area contributed by atoms with Crippen molar-refractivity contribution in [3.63, 3.8) is 0 Å². The molecule has 170 valence electrons. The van der Waals surface area contributed by atoms with Gasteiger partial charge in [-0.25, -0.2) is 0 Å². The molecule has 0 heterocycles. The van der Waals surface area contributed by atoms with Crippen molar-refractivity contribution in [2.24, 2.45) is 17.3 Å². The number of hydrogen-bond acceptors (Lipinski definition) is 0. The minimum absolute atomic E-state index is 0.616. The van der Waals surface area contributed by atoms with Gasteiger partial charge in [-0.1, -0.05) is 116 Å². The Bertz CT molecular complexity index is 567. The summed E-state index contributed by atoms with van der Waals surface area (Å²) in [4.78, 5) is 0. The maximum atomic E-state index is 2.49. The molecule has 0 nitrogen and oxygen atoms in total. The van der Waals surface area contributed by atoms with Gasteiger partial charge in [0.2, 0.25) is 0 Å². The van der Waals surface area contributed by atoms with Crippen molar-refractivity contribution in [2.45, 2.75) is 136 Å². The molecule has 0 N–H and O–H groups in total. The van der Waals surface area contributed by atoms with Crippen LogP contribution < -0.4 is 0 Å². The Morgan fingerprint density at radius 1 is 0.733 bits per heavy atom. The highest BCUT2D eigenvalue weighted by molar-refractivity contribution is 5.26. The number of benzene rings is 1. The van der Waals surface area contributed by atoms with Crippen LogP contribution in [0.1, 0.15) is 141 Å². The summed E-state index contributed by atoms with van der Waals surface area (Å²) in [7, 11) is 0. The summed E-state index contributed by atoms with van der Waals surface area (Å²) in [6.07, 6.45) is 24.4. The molecule has 2 fully saturated rings. The van der Waals surface area contributed by atoms with Crippen LogP contribution in [0.5, 0.6) is 0 Å². The fourth-order valence-corrected chi connectivity index (χ4v) is 6.17. The van der Waals surface area contributed by atoms with E-state index in [-0.39, 0.29) is 0 Å². The van der Waals surface area contributed by atoms with Crippen LogP contribution in [0.2, 0.25) is 0 Å². The molecule has 0 saturated heterocycles. The van der Waals surface area contributed by atoms with Crippen LogP contribution in [-0.4, -0.2) is 0 Å². The Balaban J connectivity index is 1.32. The third-order valence-electron chi connectivity index (χ3n) is 9.02. The molecule has 0 radical (unpaired) electrons. The molecule has 0 amide bonds. The van der Waals surface area contributed by atoms with Gasteiger partial charge in [-0.05, 0) is 72.8 Å². The summed E-state index contributed by atoms with van der Waals surface area (Å²) in [6.45, 7) is 7.18. The average molecular weight is 411 g/mol. The second-order valence-corrected chi connectivity index (χ2v) is 11.3. The van der Waals surface area contributed by atoms with Crippen LogP contribution in [0.4, 0.5) is 0 Å². The van der Waals surface area contributed by atoms with Gasteiger partial charge in [0.25, 0.3) is 0 Å². The molecule has 0 bridgehead atoms. The zero-order valence-corrected chi connectivity index (χ0v) is 20.6. The van der Waals surface area contributed by atoms with Gasteiger partial charge in [-0.3, -0.25) is 0 Å². The molecule has 1 aromatic carbocycles. The first-order chi connectivity index (χ1) is 14.6. The largest absolute Gasteiger partial charge is 0.0654 e. The van der Waals surface area contributed by atoms with E-state index in [4.69, 9.17) is 0 Å². The van der Waals surface area contributed by atoms with Crippen molar-refractivity contribution in [1.82, 2.24) is 0 Å². The Hall–Kier alpha value is -0.780. The highest BCUT2D eigenvalue weighted by Gasteiger charge is 2.30. The molecule has 0 atom stereocenters. The van der Waals surface area contributed by atoms with Gasteiger partial charge >= 0.3 is 0 Å². The minimum Gasteiger partial charge on any atom is -0.0654 e. The second kappa shape index (κ2) is 12.3. The Morgan fingerprint density at radius 2 is 1.33 bits per heavy atom. The van der Waals surface area contributed by atoms with Crippen molar-refractivity contribution < 1.29 is 0 Å². The van der Waals surface area contributed by atoms with Gasteiger partial charge in [0.15, 0.2) is 0 Å². The predicted octanol–water partition coefficient (Wildman–Crippen LogP) is 9.86. The summed E-state index contributed by atoms with van der Waals surface area (Å²) >= 11 is 0. The standard InChI is InChI=1S/C30H50/c1-4-6-7-8-9-10-25-11-13-26(14-12-25)15-16-27-17-19-28(20-18-27)29-21-23-30(3,5-2)24-22-29/h17-20,25-26,29H,4-16,21-24H2,1-3H3/t25-,26-,29?,30?. The van der Waals surface area contributed by atoms with E-state index in [0.29, 0.717) is 5.41 Å². The van der Waals surface area contributed by atoms with E-state index in [9.17, 15) is 0 Å². The van der Waals surface area contributed by atoms with Crippen molar-refractivity contribution in [3.05, 3.63) is 35.4 Å². The zero-order chi connectivity index (χ0) is 21.2. The monoisotopic (exact) mass is 410 g/mol. The van der Waals surface area contributed by atoms with Crippen LogP contribution >= 0.6 is 0 Å². The Kier molecular flexibility index (Phi) is 9.79. The highest BCUT2D eigenvalue weighted by atomic mass is 14.3. The van der Waals surface area contributed by atoms with Crippen LogP contribution in [0.25, 0.3) is 0 Å². The molecule has 0 heteroatoms. The van der Waals surface area contributed by atoms with E-state index in [1.165, 1.54) is 109 Å². The maximum absolute atomic E-state index is 2.49. The van der Waals surface area contributed by atoms with Gasteiger partial charge in [0, 0.05) is 0 Å². The predicted molar refractivity (Wildman–Crippen MR) is 133 cm³/mol.